The molecule has 0 radical (unpaired) electrons. The van der Waals surface area contributed by atoms with Crippen LogP contribution in [0.5, 0.6) is 0 Å². The van der Waals surface area contributed by atoms with E-state index in [9.17, 15) is 20.4 Å². The number of aliphatic hydroxyl groups excluding tert-OH is 5. The molecule has 0 aliphatic carbocycles. The van der Waals surface area contributed by atoms with E-state index in [0.29, 0.717) is 6.54 Å². The number of hydrogen-bond acceptors (Lipinski definition) is 6. The Morgan fingerprint density at radius 2 is 1.21 bits per heavy atom. The van der Waals surface area contributed by atoms with Gasteiger partial charge in [0.2, 0.25) is 0 Å². The quantitative estimate of drug-likeness (QED) is 0.218. The van der Waals surface area contributed by atoms with E-state index in [1.165, 1.54) is 44.9 Å². The molecule has 6 N–H and O–H groups in total. The Bertz CT molecular complexity index is 299. The van der Waals surface area contributed by atoms with E-state index >= 15 is 0 Å². The van der Waals surface area contributed by atoms with Crippen molar-refractivity contribution in [1.82, 2.24) is 5.31 Å². The second kappa shape index (κ2) is 16.2. The maximum atomic E-state index is 9.80. The van der Waals surface area contributed by atoms with Crippen LogP contribution >= 0.6 is 0 Å². The molecule has 6 nitrogen and oxygen atoms in total. The minimum absolute atomic E-state index is 0.117. The van der Waals surface area contributed by atoms with Gasteiger partial charge in [0.25, 0.3) is 0 Å². The zero-order valence-electron chi connectivity index (χ0n) is 16.2. The van der Waals surface area contributed by atoms with E-state index in [2.05, 4.69) is 6.92 Å². The summed E-state index contributed by atoms with van der Waals surface area (Å²) < 4.78 is 7.77. The first-order valence-corrected chi connectivity index (χ1v) is 9.51. The van der Waals surface area contributed by atoms with Gasteiger partial charge in [0.05, 0.1) is 12.7 Å². The van der Waals surface area contributed by atoms with E-state index in [1.54, 1.807) is 0 Å². The first-order chi connectivity index (χ1) is 11.9. The number of nitrogens with one attached hydrogen (secondary N) is 1. The van der Waals surface area contributed by atoms with Crippen LogP contribution in [0.25, 0.3) is 0 Å². The van der Waals surface area contributed by atoms with Crippen LogP contribution in [0.3, 0.4) is 0 Å². The average molecular weight is 351 g/mol. The second-order valence-corrected chi connectivity index (χ2v) is 6.61. The van der Waals surface area contributed by atoms with Crippen molar-refractivity contribution in [2.24, 2.45) is 0 Å². The van der Waals surface area contributed by atoms with Gasteiger partial charge in [-0.1, -0.05) is 64.7 Å². The zero-order valence-corrected chi connectivity index (χ0v) is 15.2. The van der Waals surface area contributed by atoms with Crippen LogP contribution in [-0.4, -0.2) is 69.6 Å². The molecule has 0 heterocycles. The van der Waals surface area contributed by atoms with Crippen LogP contribution in [0.1, 0.15) is 71.1 Å². The molecule has 0 spiro atoms. The van der Waals surface area contributed by atoms with Gasteiger partial charge in [-0.3, -0.25) is 0 Å². The van der Waals surface area contributed by atoms with Crippen LogP contribution in [0.2, 0.25) is 1.41 Å². The van der Waals surface area contributed by atoms with Crippen molar-refractivity contribution in [2.45, 2.75) is 95.5 Å². The highest BCUT2D eigenvalue weighted by atomic mass is 16.4. The minimum Gasteiger partial charge on any atom is -0.394 e. The summed E-state index contributed by atoms with van der Waals surface area (Å²) in [6.07, 6.45) is 6.00. The first kappa shape index (κ1) is 21.8. The maximum absolute atomic E-state index is 9.80. The smallest absolute Gasteiger partial charge is 0.122 e. The number of rotatable bonds is 17. The van der Waals surface area contributed by atoms with Crippen molar-refractivity contribution in [3.8, 4) is 0 Å². The molecule has 0 amide bonds. The lowest BCUT2D eigenvalue weighted by molar-refractivity contribution is -0.113. The van der Waals surface area contributed by atoms with Gasteiger partial charge in [0.1, 0.15) is 19.7 Å². The minimum atomic E-state index is -1.63. The summed E-state index contributed by atoms with van der Waals surface area (Å²) in [6, 6.07) is 0. The summed E-state index contributed by atoms with van der Waals surface area (Å²) in [7, 11) is 0. The molecular formula is C18H39NO5. The third kappa shape index (κ3) is 12.2. The third-order valence-electron chi connectivity index (χ3n) is 4.31. The lowest BCUT2D eigenvalue weighted by atomic mass is 10.0. The Balaban J connectivity index is 3.64. The van der Waals surface area contributed by atoms with Crippen molar-refractivity contribution in [1.29, 1.82) is 0 Å². The molecule has 24 heavy (non-hydrogen) atoms. The fourth-order valence-corrected chi connectivity index (χ4v) is 2.61. The van der Waals surface area contributed by atoms with Crippen LogP contribution in [-0.2, 0) is 0 Å². The molecule has 0 aromatic rings. The molecule has 146 valence electrons. The predicted octanol–water partition coefficient (Wildman–Crippen LogP) is 0.933. The SMILES string of the molecule is [2H]N(CCCCCCCCCCCC)C[C@H](O)[C@@H](O)[C@H](O)[C@H](O)CO. The number of aliphatic hydroxyl groups is 5. The number of hydrogen-bond donors (Lipinski definition) is 6. The molecule has 0 aromatic carbocycles. The van der Waals surface area contributed by atoms with Crippen LogP contribution in [0, 0.1) is 0 Å². The third-order valence-corrected chi connectivity index (χ3v) is 4.31. The molecule has 0 aliphatic heterocycles. The second-order valence-electron chi connectivity index (χ2n) is 6.61. The van der Waals surface area contributed by atoms with Crippen molar-refractivity contribution in [3.05, 3.63) is 0 Å². The topological polar surface area (TPSA) is 113 Å². The van der Waals surface area contributed by atoms with Crippen LogP contribution in [0.4, 0.5) is 0 Å². The van der Waals surface area contributed by atoms with E-state index in [4.69, 9.17) is 6.52 Å². The highest BCUT2D eigenvalue weighted by Crippen LogP contribution is 2.10. The molecule has 0 aromatic heterocycles. The average Bonchev–Trinajstić information content (AvgIpc) is 2.61. The molecule has 0 bridgehead atoms. The molecule has 4 atom stereocenters. The van der Waals surface area contributed by atoms with E-state index in [-0.39, 0.29) is 6.54 Å². The summed E-state index contributed by atoms with van der Waals surface area (Å²) >= 11 is 0. The van der Waals surface area contributed by atoms with Gasteiger partial charge in [0.15, 0.2) is 0 Å². The zero-order chi connectivity index (χ0) is 19.1. The standard InChI is InChI=1S/C18H39NO5/c1-2-3-4-5-6-7-8-9-10-11-12-19-13-15(21)17(23)18(24)16(22)14-20/h15-24H,2-14H2,1H3/t15-,16+,17+,18+/m0/s1/i/hD. The molecular weight excluding hydrogens is 310 g/mol. The molecule has 0 fully saturated rings. The summed E-state index contributed by atoms with van der Waals surface area (Å²) in [6.45, 7) is 1.89. The predicted molar refractivity (Wildman–Crippen MR) is 95.8 cm³/mol. The highest BCUT2D eigenvalue weighted by Gasteiger charge is 2.29. The monoisotopic (exact) mass is 350 g/mol. The van der Waals surface area contributed by atoms with Gasteiger partial charge in [0, 0.05) is 6.54 Å². The molecule has 0 rings (SSSR count). The molecule has 6 heteroatoms. The van der Waals surface area contributed by atoms with Gasteiger partial charge in [-0.25, -0.2) is 0 Å². The Hall–Kier alpha value is -0.240. The largest absolute Gasteiger partial charge is 0.394 e. The maximum Gasteiger partial charge on any atom is 0.122 e. The first-order valence-electron chi connectivity index (χ1n) is 9.95. The molecule has 0 saturated carbocycles. The molecule has 0 aliphatic rings. The van der Waals surface area contributed by atoms with E-state index in [0.717, 1.165) is 24.6 Å². The highest BCUT2D eigenvalue weighted by molar-refractivity contribution is 4.81. The van der Waals surface area contributed by atoms with E-state index in [1.807, 2.05) is 0 Å². The van der Waals surface area contributed by atoms with Gasteiger partial charge >= 0.3 is 0 Å². The fraction of sp³-hybridized carbons (Fsp3) is 1.00. The Morgan fingerprint density at radius 3 is 1.71 bits per heavy atom. The van der Waals surface area contributed by atoms with Crippen molar-refractivity contribution in [2.75, 3.05) is 19.7 Å². The van der Waals surface area contributed by atoms with Gasteiger partial charge in [-0.2, -0.15) is 0 Å². The lowest BCUT2D eigenvalue weighted by Gasteiger charge is -2.25. The summed E-state index contributed by atoms with van der Waals surface area (Å²) in [5.41, 5.74) is 0. The summed E-state index contributed by atoms with van der Waals surface area (Å²) in [5.74, 6) is 0. The van der Waals surface area contributed by atoms with Gasteiger partial charge in [-0.05, 0) is 13.0 Å². The van der Waals surface area contributed by atoms with Crippen LogP contribution in [0.15, 0.2) is 0 Å². The summed E-state index contributed by atoms with van der Waals surface area (Å²) in [4.78, 5) is 0. The summed E-state index contributed by atoms with van der Waals surface area (Å²) in [5, 5.41) is 48.2. The van der Waals surface area contributed by atoms with Crippen molar-refractivity contribution >= 4 is 0 Å². The Morgan fingerprint density at radius 1 is 0.750 bits per heavy atom. The van der Waals surface area contributed by atoms with E-state index < -0.39 is 31.0 Å². The lowest BCUT2D eigenvalue weighted by Crippen LogP contribution is -2.49. The fourth-order valence-electron chi connectivity index (χ4n) is 2.61. The Labute approximate surface area is 148 Å². The van der Waals surface area contributed by atoms with Crippen molar-refractivity contribution < 1.29 is 26.9 Å². The molecule has 0 unspecified atom stereocenters. The van der Waals surface area contributed by atoms with Crippen molar-refractivity contribution in [3.63, 3.8) is 0 Å². The van der Waals surface area contributed by atoms with Crippen LogP contribution < -0.4 is 5.31 Å². The Kier molecular flexibility index (Phi) is 14.8. The van der Waals surface area contributed by atoms with Gasteiger partial charge in [-0.15, -0.1) is 0 Å². The molecule has 0 saturated heterocycles. The van der Waals surface area contributed by atoms with Gasteiger partial charge < -0.3 is 30.8 Å². The normalized spacial score (nSPS) is 17.5. The number of unbranched alkanes of at least 4 members (excludes halogenated alkanes) is 9.